The Kier molecular flexibility index (Phi) is 6.16. The molecule has 2 rings (SSSR count). The van der Waals surface area contributed by atoms with Gasteiger partial charge < -0.3 is 15.5 Å². The average molecular weight is 343 g/mol. The second-order valence-electron chi connectivity index (χ2n) is 6.21. The first-order chi connectivity index (χ1) is 11.9. The van der Waals surface area contributed by atoms with Crippen molar-refractivity contribution in [3.8, 4) is 0 Å². The highest BCUT2D eigenvalue weighted by atomic mass is 16.2. The highest BCUT2D eigenvalue weighted by Gasteiger charge is 2.11. The van der Waals surface area contributed by atoms with Crippen LogP contribution in [0.4, 0.5) is 4.79 Å². The van der Waals surface area contributed by atoms with E-state index < -0.39 is 0 Å². The Labute approximate surface area is 148 Å². The number of nitrogens with one attached hydrogen (secondary N) is 2. The van der Waals surface area contributed by atoms with Crippen molar-refractivity contribution >= 4 is 11.9 Å². The van der Waals surface area contributed by atoms with E-state index in [0.717, 1.165) is 11.1 Å². The quantitative estimate of drug-likeness (QED) is 0.843. The molecule has 134 valence electrons. The van der Waals surface area contributed by atoms with Gasteiger partial charge >= 0.3 is 6.03 Å². The summed E-state index contributed by atoms with van der Waals surface area (Å²) in [5, 5.41) is 9.72. The molecule has 0 aliphatic rings. The number of carbonyl (C=O) groups is 2. The number of carbonyl (C=O) groups excluding carboxylic acids is 2. The number of aromatic nitrogens is 2. The first-order valence-electron chi connectivity index (χ1n) is 8.23. The molecule has 0 saturated heterocycles. The summed E-state index contributed by atoms with van der Waals surface area (Å²) in [6.45, 7) is 5.02. The third-order valence-electron chi connectivity index (χ3n) is 3.84. The van der Waals surface area contributed by atoms with Crippen LogP contribution in [0, 0.1) is 0 Å². The van der Waals surface area contributed by atoms with Gasteiger partial charge in [-0.2, -0.15) is 5.10 Å². The van der Waals surface area contributed by atoms with Gasteiger partial charge in [0.25, 0.3) is 5.91 Å². The second kappa shape index (κ2) is 8.32. The molecule has 1 aromatic carbocycles. The number of hydrogen-bond donors (Lipinski definition) is 2. The predicted molar refractivity (Wildman–Crippen MR) is 96.1 cm³/mol. The molecule has 2 aromatic rings. The van der Waals surface area contributed by atoms with Crippen LogP contribution in [-0.4, -0.2) is 40.7 Å². The van der Waals surface area contributed by atoms with E-state index >= 15 is 0 Å². The van der Waals surface area contributed by atoms with Crippen LogP contribution < -0.4 is 10.6 Å². The monoisotopic (exact) mass is 343 g/mol. The van der Waals surface area contributed by atoms with E-state index in [1.54, 1.807) is 37.3 Å². The number of amides is 3. The molecule has 1 aromatic heterocycles. The summed E-state index contributed by atoms with van der Waals surface area (Å²) >= 11 is 0. The van der Waals surface area contributed by atoms with E-state index in [1.165, 1.54) is 0 Å². The van der Waals surface area contributed by atoms with Crippen molar-refractivity contribution < 1.29 is 9.59 Å². The second-order valence-corrected chi connectivity index (χ2v) is 6.21. The van der Waals surface area contributed by atoms with Crippen LogP contribution in [0.15, 0.2) is 36.7 Å². The summed E-state index contributed by atoms with van der Waals surface area (Å²) in [6.07, 6.45) is 3.73. The third kappa shape index (κ3) is 5.07. The molecule has 0 saturated carbocycles. The topological polar surface area (TPSA) is 79.3 Å². The fraction of sp³-hybridized carbons (Fsp3) is 0.389. The molecule has 0 fully saturated rings. The standard InChI is InChI=1S/C18H25N5O2/c1-13(2)23-12-15(10-21-23)11-22(4)18(25)20-9-14-5-7-16(8-6-14)17(24)19-3/h5-8,10,12-13H,9,11H2,1-4H3,(H,19,24)(H,20,25). The Hall–Kier alpha value is -2.83. The minimum absolute atomic E-state index is 0.128. The molecule has 3 amide bonds. The number of hydrogen-bond acceptors (Lipinski definition) is 3. The molecule has 0 radical (unpaired) electrons. The van der Waals surface area contributed by atoms with Crippen LogP contribution in [-0.2, 0) is 13.1 Å². The zero-order valence-corrected chi connectivity index (χ0v) is 15.1. The van der Waals surface area contributed by atoms with E-state index in [4.69, 9.17) is 0 Å². The fourth-order valence-electron chi connectivity index (χ4n) is 2.32. The van der Waals surface area contributed by atoms with Crippen LogP contribution in [0.25, 0.3) is 0 Å². The summed E-state index contributed by atoms with van der Waals surface area (Å²) in [4.78, 5) is 25.3. The van der Waals surface area contributed by atoms with Gasteiger partial charge in [0.1, 0.15) is 0 Å². The van der Waals surface area contributed by atoms with E-state index in [2.05, 4.69) is 29.6 Å². The molecular formula is C18H25N5O2. The normalized spacial score (nSPS) is 10.6. The maximum Gasteiger partial charge on any atom is 0.317 e. The van der Waals surface area contributed by atoms with Crippen molar-refractivity contribution in [3.63, 3.8) is 0 Å². The Morgan fingerprint density at radius 1 is 1.20 bits per heavy atom. The van der Waals surface area contributed by atoms with Crippen molar-refractivity contribution in [2.45, 2.75) is 33.0 Å². The molecular weight excluding hydrogens is 318 g/mol. The Morgan fingerprint density at radius 2 is 1.88 bits per heavy atom. The minimum Gasteiger partial charge on any atom is -0.355 e. The third-order valence-corrected chi connectivity index (χ3v) is 3.84. The molecule has 25 heavy (non-hydrogen) atoms. The molecule has 0 aliphatic carbocycles. The van der Waals surface area contributed by atoms with Crippen LogP contribution in [0.5, 0.6) is 0 Å². The lowest BCUT2D eigenvalue weighted by molar-refractivity contribution is 0.0963. The van der Waals surface area contributed by atoms with Crippen LogP contribution >= 0.6 is 0 Å². The first kappa shape index (κ1) is 18.5. The summed E-state index contributed by atoms with van der Waals surface area (Å²) in [6, 6.07) is 7.28. The van der Waals surface area contributed by atoms with Crippen molar-refractivity contribution in [1.82, 2.24) is 25.3 Å². The van der Waals surface area contributed by atoms with Crippen molar-refractivity contribution in [2.24, 2.45) is 0 Å². The lowest BCUT2D eigenvalue weighted by Gasteiger charge is -2.17. The summed E-state index contributed by atoms with van der Waals surface area (Å²) in [5.41, 5.74) is 2.51. The Morgan fingerprint density at radius 3 is 2.44 bits per heavy atom. The van der Waals surface area contributed by atoms with Gasteiger partial charge in [-0.15, -0.1) is 0 Å². The zero-order chi connectivity index (χ0) is 18.4. The zero-order valence-electron chi connectivity index (χ0n) is 15.1. The van der Waals surface area contributed by atoms with Gasteiger partial charge in [0.05, 0.1) is 12.7 Å². The lowest BCUT2D eigenvalue weighted by Crippen LogP contribution is -2.36. The smallest absolute Gasteiger partial charge is 0.317 e. The molecule has 0 spiro atoms. The van der Waals surface area contributed by atoms with E-state index in [1.807, 2.05) is 23.0 Å². The van der Waals surface area contributed by atoms with Gasteiger partial charge in [-0.05, 0) is 31.5 Å². The van der Waals surface area contributed by atoms with Crippen LogP contribution in [0.1, 0.15) is 41.4 Å². The molecule has 7 nitrogen and oxygen atoms in total. The number of nitrogens with zero attached hydrogens (tertiary/aromatic N) is 3. The lowest BCUT2D eigenvalue weighted by atomic mass is 10.1. The maximum atomic E-state index is 12.2. The maximum absolute atomic E-state index is 12.2. The van der Waals surface area contributed by atoms with Crippen molar-refractivity contribution in [2.75, 3.05) is 14.1 Å². The summed E-state index contributed by atoms with van der Waals surface area (Å²) in [5.74, 6) is -0.128. The van der Waals surface area contributed by atoms with Crippen LogP contribution in [0.3, 0.4) is 0 Å². The summed E-state index contributed by atoms with van der Waals surface area (Å²) < 4.78 is 1.87. The molecule has 0 atom stereocenters. The van der Waals surface area contributed by atoms with Gasteiger partial charge in [-0.3, -0.25) is 9.48 Å². The molecule has 7 heteroatoms. The van der Waals surface area contributed by atoms with Gasteiger partial charge in [0.15, 0.2) is 0 Å². The molecule has 0 unspecified atom stereocenters. The van der Waals surface area contributed by atoms with Gasteiger partial charge in [0.2, 0.25) is 0 Å². The highest BCUT2D eigenvalue weighted by Crippen LogP contribution is 2.08. The van der Waals surface area contributed by atoms with E-state index in [0.29, 0.717) is 24.7 Å². The van der Waals surface area contributed by atoms with Gasteiger partial charge in [-0.1, -0.05) is 12.1 Å². The van der Waals surface area contributed by atoms with Crippen LogP contribution in [0.2, 0.25) is 0 Å². The number of urea groups is 1. The fourth-order valence-corrected chi connectivity index (χ4v) is 2.32. The molecule has 2 N–H and O–H groups in total. The minimum atomic E-state index is -0.160. The summed E-state index contributed by atoms with van der Waals surface area (Å²) in [7, 11) is 3.34. The largest absolute Gasteiger partial charge is 0.355 e. The van der Waals surface area contributed by atoms with Gasteiger partial charge in [0, 0.05) is 44.0 Å². The Balaban J connectivity index is 1.85. The predicted octanol–water partition coefficient (Wildman–Crippen LogP) is 2.17. The molecule has 0 bridgehead atoms. The molecule has 1 heterocycles. The van der Waals surface area contributed by atoms with Crippen molar-refractivity contribution in [3.05, 3.63) is 53.3 Å². The highest BCUT2D eigenvalue weighted by molar-refractivity contribution is 5.93. The van der Waals surface area contributed by atoms with E-state index in [9.17, 15) is 9.59 Å². The van der Waals surface area contributed by atoms with Gasteiger partial charge in [-0.25, -0.2) is 4.79 Å². The Bertz CT molecular complexity index is 721. The average Bonchev–Trinajstić information content (AvgIpc) is 3.08. The molecule has 0 aliphatic heterocycles. The van der Waals surface area contributed by atoms with E-state index in [-0.39, 0.29) is 11.9 Å². The first-order valence-corrected chi connectivity index (χ1v) is 8.23. The number of rotatable bonds is 6. The number of benzene rings is 1. The SMILES string of the molecule is CNC(=O)c1ccc(CNC(=O)N(C)Cc2cnn(C(C)C)c2)cc1. The van der Waals surface area contributed by atoms with Crippen molar-refractivity contribution in [1.29, 1.82) is 0 Å².